The fourth-order valence-corrected chi connectivity index (χ4v) is 2.95. The molecule has 9 nitrogen and oxygen atoms in total. The molecule has 0 saturated heterocycles. The molecule has 0 fully saturated rings. The van der Waals surface area contributed by atoms with Crippen LogP contribution in [0.3, 0.4) is 0 Å². The number of hydrogen-bond acceptors (Lipinski definition) is 6. The topological polar surface area (TPSA) is 140 Å². The zero-order valence-corrected chi connectivity index (χ0v) is 15.2. The highest BCUT2D eigenvalue weighted by molar-refractivity contribution is 7.89. The van der Waals surface area contributed by atoms with Gasteiger partial charge in [-0.2, -0.15) is 0 Å². The molecule has 0 spiro atoms. The highest BCUT2D eigenvalue weighted by Crippen LogP contribution is 2.18. The van der Waals surface area contributed by atoms with Crippen molar-refractivity contribution in [2.75, 3.05) is 5.32 Å². The van der Waals surface area contributed by atoms with E-state index in [2.05, 4.69) is 15.6 Å². The predicted octanol–water partition coefficient (Wildman–Crippen LogP) is 1.05. The van der Waals surface area contributed by atoms with Crippen LogP contribution in [0.5, 0.6) is 0 Å². The van der Waals surface area contributed by atoms with Gasteiger partial charge in [0, 0.05) is 11.3 Å². The number of aliphatic hydroxyl groups is 1. The number of aliphatic hydroxyl groups excluding tert-OH is 1. The number of nitrogens with zero attached hydrogens (tertiary/aromatic N) is 3. The zero-order chi connectivity index (χ0) is 20.3. The summed E-state index contributed by atoms with van der Waals surface area (Å²) in [6.45, 7) is -0.0930. The molecule has 1 heterocycles. The molecule has 2 aromatic carbocycles. The number of nitrogens with two attached hydrogens (primary N) is 1. The monoisotopic (exact) mass is 405 g/mol. The maximum Gasteiger partial charge on any atom is 0.277 e. The molecule has 0 aliphatic rings. The van der Waals surface area contributed by atoms with Crippen LogP contribution in [0.1, 0.15) is 22.2 Å². The van der Waals surface area contributed by atoms with Crippen LogP contribution in [0.4, 0.5) is 10.1 Å². The highest BCUT2D eigenvalue weighted by Gasteiger charge is 2.16. The van der Waals surface area contributed by atoms with Gasteiger partial charge >= 0.3 is 0 Å². The Balaban J connectivity index is 1.66. The number of nitrogens with one attached hydrogen (secondary N) is 1. The first-order valence-electron chi connectivity index (χ1n) is 8.01. The lowest BCUT2D eigenvalue weighted by Crippen LogP contribution is -2.14. The Morgan fingerprint density at radius 1 is 1.21 bits per heavy atom. The number of aromatic nitrogens is 3. The molecular weight excluding hydrogens is 389 g/mol. The van der Waals surface area contributed by atoms with Gasteiger partial charge in [-0.25, -0.2) is 22.6 Å². The average Bonchev–Trinajstić information content (AvgIpc) is 3.10. The van der Waals surface area contributed by atoms with Crippen LogP contribution in [0, 0.1) is 5.82 Å². The molecule has 1 atom stereocenters. The van der Waals surface area contributed by atoms with Gasteiger partial charge in [0.2, 0.25) is 10.0 Å². The average molecular weight is 405 g/mol. The normalized spacial score (nSPS) is 12.5. The number of rotatable bonds is 6. The van der Waals surface area contributed by atoms with Crippen molar-refractivity contribution < 1.29 is 22.7 Å². The lowest BCUT2D eigenvalue weighted by molar-refractivity contribution is 0.102. The van der Waals surface area contributed by atoms with Crippen LogP contribution < -0.4 is 10.5 Å². The molecule has 11 heteroatoms. The van der Waals surface area contributed by atoms with E-state index in [9.17, 15) is 22.7 Å². The van der Waals surface area contributed by atoms with Crippen molar-refractivity contribution in [1.29, 1.82) is 0 Å². The summed E-state index contributed by atoms with van der Waals surface area (Å²) in [6.07, 6.45) is 0.141. The maximum atomic E-state index is 13.7. The van der Waals surface area contributed by atoms with Crippen LogP contribution in [-0.2, 0) is 16.6 Å². The number of benzene rings is 2. The zero-order valence-electron chi connectivity index (χ0n) is 14.4. The molecule has 1 amide bonds. The number of carbonyl (C=O) groups is 1. The van der Waals surface area contributed by atoms with Crippen LogP contribution >= 0.6 is 0 Å². The fourth-order valence-electron chi connectivity index (χ4n) is 2.44. The summed E-state index contributed by atoms with van der Waals surface area (Å²) in [6, 6.07) is 11.1. The lowest BCUT2D eigenvalue weighted by Gasteiger charge is -2.11. The predicted molar refractivity (Wildman–Crippen MR) is 97.2 cm³/mol. The first-order chi connectivity index (χ1) is 13.2. The summed E-state index contributed by atoms with van der Waals surface area (Å²) in [5, 5.41) is 25.2. The molecule has 0 radical (unpaired) electrons. The second-order valence-electron chi connectivity index (χ2n) is 5.89. The molecule has 3 aromatic rings. The minimum absolute atomic E-state index is 0.0312. The number of anilines is 1. The fraction of sp³-hybridized carbons (Fsp3) is 0.118. The van der Waals surface area contributed by atoms with Gasteiger partial charge in [-0.05, 0) is 30.3 Å². The van der Waals surface area contributed by atoms with E-state index in [1.807, 2.05) is 0 Å². The maximum absolute atomic E-state index is 13.7. The van der Waals surface area contributed by atoms with E-state index in [-0.39, 0.29) is 22.7 Å². The van der Waals surface area contributed by atoms with Crippen LogP contribution in [0.15, 0.2) is 59.6 Å². The van der Waals surface area contributed by atoms with Crippen LogP contribution in [-0.4, -0.2) is 34.4 Å². The van der Waals surface area contributed by atoms with E-state index >= 15 is 0 Å². The van der Waals surface area contributed by atoms with Gasteiger partial charge in [-0.1, -0.05) is 23.4 Å². The van der Waals surface area contributed by atoms with E-state index in [4.69, 9.17) is 5.14 Å². The van der Waals surface area contributed by atoms with Crippen molar-refractivity contribution in [2.24, 2.45) is 5.14 Å². The van der Waals surface area contributed by atoms with Crippen LogP contribution in [0.2, 0.25) is 0 Å². The third-order valence-electron chi connectivity index (χ3n) is 3.84. The lowest BCUT2D eigenvalue weighted by atomic mass is 10.1. The Labute approximate surface area is 159 Å². The van der Waals surface area contributed by atoms with Gasteiger partial charge in [-0.3, -0.25) is 4.79 Å². The van der Waals surface area contributed by atoms with Gasteiger partial charge in [0.05, 0.1) is 17.6 Å². The van der Waals surface area contributed by atoms with Crippen molar-refractivity contribution in [2.45, 2.75) is 17.5 Å². The van der Waals surface area contributed by atoms with E-state index in [1.54, 1.807) is 6.07 Å². The molecule has 146 valence electrons. The number of halogens is 1. The molecule has 3 rings (SSSR count). The summed E-state index contributed by atoms with van der Waals surface area (Å²) in [5.41, 5.74) is 0.411. The largest absolute Gasteiger partial charge is 0.386 e. The third-order valence-corrected chi connectivity index (χ3v) is 4.77. The van der Waals surface area contributed by atoms with Gasteiger partial charge < -0.3 is 10.4 Å². The summed E-state index contributed by atoms with van der Waals surface area (Å²) in [7, 11) is -3.82. The van der Waals surface area contributed by atoms with Crippen molar-refractivity contribution in [1.82, 2.24) is 15.0 Å². The van der Waals surface area contributed by atoms with E-state index < -0.39 is 27.9 Å². The van der Waals surface area contributed by atoms with Crippen molar-refractivity contribution in [3.05, 3.63) is 71.8 Å². The Hall–Kier alpha value is -3.15. The molecule has 0 bridgehead atoms. The summed E-state index contributed by atoms with van der Waals surface area (Å²) < 4.78 is 37.4. The van der Waals surface area contributed by atoms with E-state index in [0.29, 0.717) is 5.69 Å². The quantitative estimate of drug-likeness (QED) is 0.560. The Morgan fingerprint density at radius 2 is 1.89 bits per heavy atom. The molecule has 0 aliphatic carbocycles. The van der Waals surface area contributed by atoms with E-state index in [1.165, 1.54) is 53.3 Å². The van der Waals surface area contributed by atoms with Gasteiger partial charge in [0.25, 0.3) is 5.91 Å². The second kappa shape index (κ2) is 7.84. The summed E-state index contributed by atoms with van der Waals surface area (Å²) in [4.78, 5) is 12.1. The molecule has 0 aliphatic heterocycles. The number of carbonyl (C=O) groups excluding carboxylic acids is 1. The second-order valence-corrected chi connectivity index (χ2v) is 7.45. The summed E-state index contributed by atoms with van der Waals surface area (Å²) >= 11 is 0. The van der Waals surface area contributed by atoms with Crippen molar-refractivity contribution in [3.63, 3.8) is 0 Å². The highest BCUT2D eigenvalue weighted by atomic mass is 32.2. The number of sulfonamides is 1. The molecule has 0 unspecified atom stereocenters. The first kappa shape index (κ1) is 19.6. The molecule has 0 saturated carbocycles. The van der Waals surface area contributed by atoms with E-state index in [0.717, 1.165) is 0 Å². The minimum atomic E-state index is -3.82. The minimum Gasteiger partial charge on any atom is -0.386 e. The third kappa shape index (κ3) is 4.57. The Bertz CT molecular complexity index is 1100. The molecular formula is C17H16FN5O4S. The number of primary sulfonamides is 1. The number of hydrogen-bond donors (Lipinski definition) is 3. The van der Waals surface area contributed by atoms with Crippen LogP contribution in [0.25, 0.3) is 0 Å². The first-order valence-corrected chi connectivity index (χ1v) is 9.55. The van der Waals surface area contributed by atoms with Gasteiger partial charge in [0.15, 0.2) is 5.69 Å². The standard InChI is InChI=1S/C17H16FN5O4S/c18-14-4-2-1-3-13(14)16(24)10-23-9-15(21-22-23)17(25)20-11-5-7-12(8-6-11)28(19,26)27/h1-9,16,24H,10H2,(H,20,25)(H2,19,26,27)/t16-/m1/s1. The molecule has 1 aromatic heterocycles. The number of amides is 1. The Kier molecular flexibility index (Phi) is 5.49. The molecule has 4 N–H and O–H groups in total. The van der Waals surface area contributed by atoms with Gasteiger partial charge in [0.1, 0.15) is 11.9 Å². The van der Waals surface area contributed by atoms with Crippen molar-refractivity contribution >= 4 is 21.6 Å². The van der Waals surface area contributed by atoms with Crippen molar-refractivity contribution in [3.8, 4) is 0 Å². The summed E-state index contributed by atoms with van der Waals surface area (Å²) in [5.74, 6) is -1.13. The smallest absolute Gasteiger partial charge is 0.277 e. The van der Waals surface area contributed by atoms with Gasteiger partial charge in [-0.15, -0.1) is 5.10 Å². The molecule has 28 heavy (non-hydrogen) atoms. The Morgan fingerprint density at radius 3 is 2.54 bits per heavy atom. The SMILES string of the molecule is NS(=O)(=O)c1ccc(NC(=O)c2cn(C[C@@H](O)c3ccccc3F)nn2)cc1.